The Kier molecular flexibility index (Phi) is 7.87. The Hall–Kier alpha value is -3.35. The van der Waals surface area contributed by atoms with E-state index in [0.29, 0.717) is 12.8 Å². The molecule has 0 unspecified atom stereocenters. The number of amides is 2. The molecule has 3 N–H and O–H groups in total. The summed E-state index contributed by atoms with van der Waals surface area (Å²) in [6, 6.07) is 15.4. The van der Waals surface area contributed by atoms with E-state index in [9.17, 15) is 14.4 Å². The van der Waals surface area contributed by atoms with Gasteiger partial charge in [0.1, 0.15) is 12.6 Å². The van der Waals surface area contributed by atoms with Crippen molar-refractivity contribution >= 4 is 18.0 Å². The summed E-state index contributed by atoms with van der Waals surface area (Å²) in [6.07, 6.45) is 0.128. The van der Waals surface area contributed by atoms with Gasteiger partial charge >= 0.3 is 12.1 Å². The molecule has 0 saturated carbocycles. The topological polar surface area (TPSA) is 105 Å². The van der Waals surface area contributed by atoms with Gasteiger partial charge in [0.05, 0.1) is 0 Å². The first-order valence-corrected chi connectivity index (χ1v) is 11.0. The zero-order valence-electron chi connectivity index (χ0n) is 18.5. The van der Waals surface area contributed by atoms with Crippen molar-refractivity contribution in [2.24, 2.45) is 5.92 Å². The van der Waals surface area contributed by atoms with Gasteiger partial charge in [-0.1, -0.05) is 62.4 Å². The van der Waals surface area contributed by atoms with E-state index in [4.69, 9.17) is 9.84 Å². The van der Waals surface area contributed by atoms with Crippen LogP contribution in [0.4, 0.5) is 4.79 Å². The minimum atomic E-state index is -0.908. The highest BCUT2D eigenvalue weighted by Gasteiger charge is 2.29. The number of carbonyl (C=O) groups excluding carboxylic acids is 2. The second-order valence-corrected chi connectivity index (χ2v) is 8.44. The van der Waals surface area contributed by atoms with E-state index >= 15 is 0 Å². The molecule has 170 valence electrons. The zero-order chi connectivity index (χ0) is 23.1. The lowest BCUT2D eigenvalue weighted by Crippen LogP contribution is -2.48. The number of carboxylic acids is 1. The third kappa shape index (κ3) is 5.87. The van der Waals surface area contributed by atoms with Crippen LogP contribution in [-0.4, -0.2) is 42.3 Å². The van der Waals surface area contributed by atoms with E-state index in [1.165, 1.54) is 0 Å². The molecule has 0 spiro atoms. The van der Waals surface area contributed by atoms with E-state index in [0.717, 1.165) is 22.3 Å². The Morgan fingerprint density at radius 1 is 1.00 bits per heavy atom. The van der Waals surface area contributed by atoms with Crippen molar-refractivity contribution in [3.05, 3.63) is 59.7 Å². The number of hydrogen-bond donors (Lipinski definition) is 3. The van der Waals surface area contributed by atoms with Gasteiger partial charge in [0.15, 0.2) is 0 Å². The fourth-order valence-corrected chi connectivity index (χ4v) is 4.06. The van der Waals surface area contributed by atoms with Crippen molar-refractivity contribution in [2.45, 2.75) is 45.1 Å². The molecule has 2 aromatic carbocycles. The van der Waals surface area contributed by atoms with Crippen LogP contribution in [0.5, 0.6) is 0 Å². The number of hydrogen-bond acceptors (Lipinski definition) is 4. The molecular formula is C25H30N2O5. The normalized spacial score (nSPS) is 13.2. The zero-order valence-corrected chi connectivity index (χ0v) is 18.5. The highest BCUT2D eigenvalue weighted by atomic mass is 16.5. The second-order valence-electron chi connectivity index (χ2n) is 8.44. The van der Waals surface area contributed by atoms with Crippen LogP contribution in [-0.2, 0) is 14.3 Å². The molecule has 0 aromatic heterocycles. The van der Waals surface area contributed by atoms with Crippen LogP contribution in [0.1, 0.15) is 50.2 Å². The van der Waals surface area contributed by atoms with Crippen LogP contribution in [0, 0.1) is 5.92 Å². The molecule has 2 aromatic rings. The highest BCUT2D eigenvalue weighted by molar-refractivity contribution is 5.85. The summed E-state index contributed by atoms with van der Waals surface area (Å²) in [5.74, 6) is -1.12. The molecule has 2 amide bonds. The molecule has 1 aliphatic carbocycles. The largest absolute Gasteiger partial charge is 0.481 e. The number of carboxylic acid groups (broad SMARTS) is 1. The Bertz CT molecular complexity index is 927. The number of benzene rings is 2. The first-order valence-electron chi connectivity index (χ1n) is 11.0. The molecule has 0 radical (unpaired) electrons. The number of carbonyl (C=O) groups is 3. The quantitative estimate of drug-likeness (QED) is 0.488. The Morgan fingerprint density at radius 2 is 1.59 bits per heavy atom. The van der Waals surface area contributed by atoms with Crippen molar-refractivity contribution in [1.29, 1.82) is 0 Å². The molecule has 7 heteroatoms. The van der Waals surface area contributed by atoms with Gasteiger partial charge in [0.25, 0.3) is 0 Å². The fourth-order valence-electron chi connectivity index (χ4n) is 4.06. The fraction of sp³-hybridized carbons (Fsp3) is 0.400. The summed E-state index contributed by atoms with van der Waals surface area (Å²) in [4.78, 5) is 35.7. The third-order valence-electron chi connectivity index (χ3n) is 5.53. The number of alkyl carbamates (subject to hydrolysis) is 1. The van der Waals surface area contributed by atoms with E-state index < -0.39 is 18.1 Å². The number of fused-ring (bicyclic) bond motifs is 3. The molecule has 1 atom stereocenters. The Morgan fingerprint density at radius 3 is 2.16 bits per heavy atom. The molecule has 0 saturated heterocycles. The molecule has 3 rings (SSSR count). The summed E-state index contributed by atoms with van der Waals surface area (Å²) in [5.41, 5.74) is 4.54. The average molecular weight is 439 g/mol. The summed E-state index contributed by atoms with van der Waals surface area (Å²) >= 11 is 0. The maximum Gasteiger partial charge on any atom is 0.407 e. The molecule has 0 aliphatic heterocycles. The van der Waals surface area contributed by atoms with Crippen molar-refractivity contribution < 1.29 is 24.2 Å². The first kappa shape index (κ1) is 23.3. The Balaban J connectivity index is 1.59. The SMILES string of the molecule is CC(C)C[C@@H](NC(=O)OCC1c2ccccc2-c2ccccc21)C(=O)NCCCC(=O)O. The molecule has 1 aliphatic rings. The van der Waals surface area contributed by atoms with E-state index in [2.05, 4.69) is 22.8 Å². The van der Waals surface area contributed by atoms with Gasteiger partial charge in [-0.25, -0.2) is 4.79 Å². The van der Waals surface area contributed by atoms with Crippen molar-refractivity contribution in [1.82, 2.24) is 10.6 Å². The summed E-state index contributed by atoms with van der Waals surface area (Å²) in [7, 11) is 0. The van der Waals surface area contributed by atoms with E-state index in [1.54, 1.807) is 0 Å². The average Bonchev–Trinajstić information content (AvgIpc) is 3.08. The monoisotopic (exact) mass is 438 g/mol. The van der Waals surface area contributed by atoms with Gasteiger partial charge in [0, 0.05) is 18.9 Å². The minimum absolute atomic E-state index is 0.0189. The smallest absolute Gasteiger partial charge is 0.407 e. The van der Waals surface area contributed by atoms with Gasteiger partial charge in [-0.15, -0.1) is 0 Å². The number of rotatable bonds is 10. The first-order chi connectivity index (χ1) is 15.4. The molecule has 7 nitrogen and oxygen atoms in total. The van der Waals surface area contributed by atoms with Crippen LogP contribution in [0.2, 0.25) is 0 Å². The summed E-state index contributed by atoms with van der Waals surface area (Å²) < 4.78 is 5.55. The molecule has 0 fully saturated rings. The number of nitrogens with one attached hydrogen (secondary N) is 2. The minimum Gasteiger partial charge on any atom is -0.481 e. The van der Waals surface area contributed by atoms with Crippen molar-refractivity contribution in [2.75, 3.05) is 13.2 Å². The highest BCUT2D eigenvalue weighted by Crippen LogP contribution is 2.44. The lowest BCUT2D eigenvalue weighted by molar-refractivity contribution is -0.137. The summed E-state index contributed by atoms with van der Waals surface area (Å²) in [6.45, 7) is 4.34. The Labute approximate surface area is 188 Å². The van der Waals surface area contributed by atoms with Crippen LogP contribution in [0.15, 0.2) is 48.5 Å². The summed E-state index contributed by atoms with van der Waals surface area (Å²) in [5, 5.41) is 14.1. The van der Waals surface area contributed by atoms with Crippen LogP contribution >= 0.6 is 0 Å². The van der Waals surface area contributed by atoms with E-state index in [-0.39, 0.29) is 37.3 Å². The predicted molar refractivity (Wildman–Crippen MR) is 121 cm³/mol. The van der Waals surface area contributed by atoms with Gasteiger partial charge in [-0.05, 0) is 41.0 Å². The molecule has 32 heavy (non-hydrogen) atoms. The maximum atomic E-state index is 12.5. The van der Waals surface area contributed by atoms with Crippen LogP contribution in [0.25, 0.3) is 11.1 Å². The van der Waals surface area contributed by atoms with Gasteiger partial charge in [-0.2, -0.15) is 0 Å². The van der Waals surface area contributed by atoms with Gasteiger partial charge < -0.3 is 20.5 Å². The lowest BCUT2D eigenvalue weighted by atomic mass is 9.98. The van der Waals surface area contributed by atoms with Crippen LogP contribution < -0.4 is 10.6 Å². The second kappa shape index (κ2) is 10.8. The lowest BCUT2D eigenvalue weighted by Gasteiger charge is -2.21. The van der Waals surface area contributed by atoms with E-state index in [1.807, 2.05) is 50.2 Å². The standard InChI is InChI=1S/C25H30N2O5/c1-16(2)14-22(24(30)26-13-7-12-23(28)29)27-25(31)32-15-21-19-10-5-3-8-17(19)18-9-4-6-11-20(18)21/h3-6,8-11,16,21-22H,7,12-15H2,1-2H3,(H,26,30)(H,27,31)(H,28,29)/t22-/m1/s1. The molecular weight excluding hydrogens is 408 g/mol. The molecule has 0 bridgehead atoms. The third-order valence-corrected chi connectivity index (χ3v) is 5.53. The number of aliphatic carboxylic acids is 1. The van der Waals surface area contributed by atoms with Crippen molar-refractivity contribution in [3.63, 3.8) is 0 Å². The van der Waals surface area contributed by atoms with Gasteiger partial charge in [-0.3, -0.25) is 9.59 Å². The number of ether oxygens (including phenoxy) is 1. The van der Waals surface area contributed by atoms with Crippen LogP contribution in [0.3, 0.4) is 0 Å². The van der Waals surface area contributed by atoms with Crippen molar-refractivity contribution in [3.8, 4) is 11.1 Å². The predicted octanol–water partition coefficient (Wildman–Crippen LogP) is 3.92. The maximum absolute atomic E-state index is 12.5. The van der Waals surface area contributed by atoms with Gasteiger partial charge in [0.2, 0.25) is 5.91 Å². The molecule has 0 heterocycles.